The summed E-state index contributed by atoms with van der Waals surface area (Å²) in [4.78, 5) is 21.2. The van der Waals surface area contributed by atoms with Gasteiger partial charge in [-0.25, -0.2) is 12.7 Å². The predicted molar refractivity (Wildman–Crippen MR) is 57.7 cm³/mol. The Morgan fingerprint density at radius 3 is 2.47 bits per heavy atom. The van der Waals surface area contributed by atoms with E-state index in [1.807, 2.05) is 0 Å². The van der Waals surface area contributed by atoms with Crippen LogP contribution in [0, 0.1) is 5.92 Å². The smallest absolute Gasteiger partial charge is 0.306 e. The molecule has 1 N–H and O–H groups in total. The van der Waals surface area contributed by atoms with Crippen molar-refractivity contribution in [2.45, 2.75) is 12.8 Å². The fourth-order valence-corrected chi connectivity index (χ4v) is 3.13. The highest BCUT2D eigenvalue weighted by molar-refractivity contribution is 7.89. The number of ether oxygens (including phenoxy) is 1. The molecule has 0 aromatic heterocycles. The van der Waals surface area contributed by atoms with E-state index in [-0.39, 0.29) is 37.6 Å². The third-order valence-electron chi connectivity index (χ3n) is 2.57. The maximum absolute atomic E-state index is 11.6. The highest BCUT2D eigenvalue weighted by atomic mass is 32.2. The van der Waals surface area contributed by atoms with Gasteiger partial charge in [0.15, 0.2) is 0 Å². The number of carboxylic acids is 1. The van der Waals surface area contributed by atoms with Crippen molar-refractivity contribution < 1.29 is 27.9 Å². The first kappa shape index (κ1) is 13.9. The second-order valence-electron chi connectivity index (χ2n) is 3.92. The van der Waals surface area contributed by atoms with Crippen LogP contribution in [0.25, 0.3) is 0 Å². The van der Waals surface area contributed by atoms with Gasteiger partial charge < -0.3 is 9.84 Å². The molecule has 17 heavy (non-hydrogen) atoms. The van der Waals surface area contributed by atoms with E-state index in [0.717, 1.165) is 0 Å². The molecule has 0 atom stereocenters. The molecule has 98 valence electrons. The third kappa shape index (κ3) is 3.97. The average Bonchev–Trinajstić information content (AvgIpc) is 2.18. The number of rotatable bonds is 6. The Kier molecular flexibility index (Phi) is 4.47. The molecule has 0 bridgehead atoms. The summed E-state index contributed by atoms with van der Waals surface area (Å²) in [7, 11) is -2.26. The van der Waals surface area contributed by atoms with Crippen molar-refractivity contribution in [2.24, 2.45) is 5.92 Å². The molecule has 0 aromatic rings. The molecule has 0 aromatic carbocycles. The molecular weight excluding hydrogens is 250 g/mol. The zero-order valence-corrected chi connectivity index (χ0v) is 10.3. The van der Waals surface area contributed by atoms with Crippen molar-refractivity contribution >= 4 is 22.0 Å². The Morgan fingerprint density at radius 1 is 1.41 bits per heavy atom. The predicted octanol–water partition coefficient (Wildman–Crippen LogP) is -0.714. The molecule has 0 unspecified atom stereocenters. The van der Waals surface area contributed by atoms with Gasteiger partial charge in [-0.2, -0.15) is 0 Å². The number of nitrogens with zero attached hydrogens (tertiary/aromatic N) is 1. The Hall–Kier alpha value is -1.15. The molecule has 1 aliphatic heterocycles. The van der Waals surface area contributed by atoms with Gasteiger partial charge >= 0.3 is 11.9 Å². The normalized spacial score (nSPS) is 17.5. The Balaban J connectivity index is 2.36. The lowest BCUT2D eigenvalue weighted by Gasteiger charge is -2.37. The summed E-state index contributed by atoms with van der Waals surface area (Å²) >= 11 is 0. The van der Waals surface area contributed by atoms with Gasteiger partial charge in [-0.05, 0) is 5.92 Å². The molecule has 1 saturated heterocycles. The number of hydrogen-bond donors (Lipinski definition) is 1. The molecule has 8 heteroatoms. The zero-order valence-electron chi connectivity index (χ0n) is 9.46. The minimum Gasteiger partial charge on any atom is -0.481 e. The standard InChI is InChI=1S/C9H15NO6S/c1-16-9(13)2-3-17(14,15)10-5-7(6-10)4-8(11)12/h7H,2-6H2,1H3,(H,11,12). The molecule has 0 radical (unpaired) electrons. The fourth-order valence-electron chi connectivity index (χ4n) is 1.57. The van der Waals surface area contributed by atoms with Gasteiger partial charge in [0.25, 0.3) is 0 Å². The molecule has 1 heterocycles. The summed E-state index contributed by atoms with van der Waals surface area (Å²) in [5.74, 6) is -1.92. The van der Waals surface area contributed by atoms with E-state index in [1.54, 1.807) is 0 Å². The lowest BCUT2D eigenvalue weighted by molar-refractivity contribution is -0.140. The summed E-state index contributed by atoms with van der Waals surface area (Å²) in [6.07, 6.45) is -0.206. The second kappa shape index (κ2) is 5.46. The molecule has 1 aliphatic rings. The van der Waals surface area contributed by atoms with E-state index in [9.17, 15) is 18.0 Å². The fraction of sp³-hybridized carbons (Fsp3) is 0.778. The molecule has 0 saturated carbocycles. The number of carbonyl (C=O) groups excluding carboxylic acids is 1. The van der Waals surface area contributed by atoms with Crippen molar-refractivity contribution in [2.75, 3.05) is 26.0 Å². The Morgan fingerprint density at radius 2 is 2.00 bits per heavy atom. The largest absolute Gasteiger partial charge is 0.481 e. The van der Waals surface area contributed by atoms with Crippen molar-refractivity contribution in [1.29, 1.82) is 0 Å². The quantitative estimate of drug-likeness (QED) is 0.636. The highest BCUT2D eigenvalue weighted by Crippen LogP contribution is 2.23. The van der Waals surface area contributed by atoms with E-state index in [2.05, 4.69) is 4.74 Å². The number of carboxylic acid groups (broad SMARTS) is 1. The maximum Gasteiger partial charge on any atom is 0.306 e. The Bertz CT molecular complexity index is 398. The number of carbonyl (C=O) groups is 2. The number of aliphatic carboxylic acids is 1. The molecule has 0 amide bonds. The van der Waals surface area contributed by atoms with Crippen molar-refractivity contribution in [3.63, 3.8) is 0 Å². The van der Waals surface area contributed by atoms with Gasteiger partial charge in [0.05, 0.1) is 25.7 Å². The minimum atomic E-state index is -3.46. The molecule has 1 rings (SSSR count). The van der Waals surface area contributed by atoms with Gasteiger partial charge in [0, 0.05) is 13.1 Å². The van der Waals surface area contributed by atoms with E-state index < -0.39 is 22.0 Å². The summed E-state index contributed by atoms with van der Waals surface area (Å²) in [5.41, 5.74) is 0. The van der Waals surface area contributed by atoms with Crippen LogP contribution in [-0.2, 0) is 24.3 Å². The number of methoxy groups -OCH3 is 1. The number of sulfonamides is 1. The van der Waals surface area contributed by atoms with E-state index in [4.69, 9.17) is 5.11 Å². The summed E-state index contributed by atoms with van der Waals surface area (Å²) < 4.78 is 28.8. The van der Waals surface area contributed by atoms with Crippen LogP contribution in [0.5, 0.6) is 0 Å². The van der Waals surface area contributed by atoms with Crippen molar-refractivity contribution in [1.82, 2.24) is 4.31 Å². The van der Waals surface area contributed by atoms with Crippen LogP contribution in [-0.4, -0.2) is 55.7 Å². The van der Waals surface area contributed by atoms with E-state index in [1.165, 1.54) is 11.4 Å². The lowest BCUT2D eigenvalue weighted by Crippen LogP contribution is -2.51. The van der Waals surface area contributed by atoms with Crippen LogP contribution >= 0.6 is 0 Å². The molecule has 7 nitrogen and oxygen atoms in total. The lowest BCUT2D eigenvalue weighted by atomic mass is 10.00. The highest BCUT2D eigenvalue weighted by Gasteiger charge is 2.36. The number of esters is 1. The van der Waals surface area contributed by atoms with Crippen LogP contribution in [0.3, 0.4) is 0 Å². The number of hydrogen-bond acceptors (Lipinski definition) is 5. The maximum atomic E-state index is 11.6. The van der Waals surface area contributed by atoms with Crippen LogP contribution in [0.1, 0.15) is 12.8 Å². The molecule has 1 fully saturated rings. The molecule has 0 spiro atoms. The van der Waals surface area contributed by atoms with E-state index >= 15 is 0 Å². The van der Waals surface area contributed by atoms with E-state index in [0.29, 0.717) is 0 Å². The van der Waals surface area contributed by atoms with Gasteiger partial charge in [0.1, 0.15) is 0 Å². The monoisotopic (exact) mass is 265 g/mol. The zero-order chi connectivity index (χ0) is 13.1. The van der Waals surface area contributed by atoms with Crippen molar-refractivity contribution in [3.8, 4) is 0 Å². The van der Waals surface area contributed by atoms with Crippen LogP contribution in [0.2, 0.25) is 0 Å². The van der Waals surface area contributed by atoms with Gasteiger partial charge in [-0.3, -0.25) is 9.59 Å². The first-order chi connectivity index (χ1) is 7.85. The minimum absolute atomic E-state index is 0.0248. The first-order valence-electron chi connectivity index (χ1n) is 5.11. The van der Waals surface area contributed by atoms with Crippen LogP contribution < -0.4 is 0 Å². The Labute approximate surface area is 99.4 Å². The molecular formula is C9H15NO6S. The topological polar surface area (TPSA) is 101 Å². The molecule has 0 aliphatic carbocycles. The van der Waals surface area contributed by atoms with Gasteiger partial charge in [0.2, 0.25) is 10.0 Å². The second-order valence-corrected chi connectivity index (χ2v) is 6.01. The SMILES string of the molecule is COC(=O)CCS(=O)(=O)N1CC(CC(=O)O)C1. The third-order valence-corrected chi connectivity index (χ3v) is 4.38. The first-order valence-corrected chi connectivity index (χ1v) is 6.72. The van der Waals surface area contributed by atoms with Gasteiger partial charge in [-0.15, -0.1) is 0 Å². The summed E-state index contributed by atoms with van der Waals surface area (Å²) in [5, 5.41) is 8.52. The van der Waals surface area contributed by atoms with Gasteiger partial charge in [-0.1, -0.05) is 0 Å². The summed E-state index contributed by atoms with van der Waals surface area (Å²) in [6, 6.07) is 0. The summed E-state index contributed by atoms with van der Waals surface area (Å²) in [6.45, 7) is 0.436. The van der Waals surface area contributed by atoms with Crippen LogP contribution in [0.15, 0.2) is 0 Å². The van der Waals surface area contributed by atoms with Crippen molar-refractivity contribution in [3.05, 3.63) is 0 Å². The van der Waals surface area contributed by atoms with Crippen LogP contribution in [0.4, 0.5) is 0 Å². The average molecular weight is 265 g/mol.